The molecule has 3 rings (SSSR count). The van der Waals surface area contributed by atoms with Gasteiger partial charge in [0.05, 0.1) is 6.54 Å². The van der Waals surface area contributed by atoms with Crippen LogP contribution in [0.4, 0.5) is 10.1 Å². The number of rotatable bonds is 5. The number of aromatic nitrogens is 1. The standard InChI is InChI=1S/C18H23FN4O/c19-15-4-6-16(7-5-15)21-18(24)14-23-10-2-9-22(11-12-23)13-17-3-1-8-20-17/h1,3-8,20H,2,9-14H2,(H,21,24). The molecular formula is C18H23FN4O. The number of anilines is 1. The summed E-state index contributed by atoms with van der Waals surface area (Å²) in [7, 11) is 0. The van der Waals surface area contributed by atoms with Gasteiger partial charge in [-0.1, -0.05) is 0 Å². The molecule has 1 aliphatic heterocycles. The number of H-pyrrole nitrogens is 1. The number of benzene rings is 1. The van der Waals surface area contributed by atoms with Gasteiger partial charge >= 0.3 is 0 Å². The third kappa shape index (κ3) is 4.91. The summed E-state index contributed by atoms with van der Waals surface area (Å²) in [6, 6.07) is 9.96. The number of halogens is 1. The molecule has 1 aliphatic rings. The minimum Gasteiger partial charge on any atom is -0.364 e. The molecule has 0 spiro atoms. The van der Waals surface area contributed by atoms with Crippen molar-refractivity contribution in [1.29, 1.82) is 0 Å². The van der Waals surface area contributed by atoms with Gasteiger partial charge in [0.2, 0.25) is 5.91 Å². The first-order valence-corrected chi connectivity index (χ1v) is 8.31. The monoisotopic (exact) mass is 330 g/mol. The van der Waals surface area contributed by atoms with Crippen LogP contribution in [-0.4, -0.2) is 53.4 Å². The maximum atomic E-state index is 12.9. The molecule has 6 heteroatoms. The Labute approximate surface area is 141 Å². The third-order valence-electron chi connectivity index (χ3n) is 4.23. The van der Waals surface area contributed by atoms with E-state index in [0.29, 0.717) is 12.2 Å². The first kappa shape index (κ1) is 16.7. The van der Waals surface area contributed by atoms with Gasteiger partial charge in [0.15, 0.2) is 0 Å². The number of amides is 1. The molecular weight excluding hydrogens is 307 g/mol. The molecule has 2 heterocycles. The second-order valence-corrected chi connectivity index (χ2v) is 6.16. The smallest absolute Gasteiger partial charge is 0.238 e. The van der Waals surface area contributed by atoms with Crippen LogP contribution < -0.4 is 5.32 Å². The van der Waals surface area contributed by atoms with Gasteiger partial charge in [-0.05, 0) is 55.9 Å². The van der Waals surface area contributed by atoms with Crippen molar-refractivity contribution < 1.29 is 9.18 Å². The second kappa shape index (κ2) is 8.08. The first-order valence-electron chi connectivity index (χ1n) is 8.31. The first-order chi connectivity index (χ1) is 11.7. The molecule has 1 amide bonds. The van der Waals surface area contributed by atoms with Crippen LogP contribution in [0.3, 0.4) is 0 Å². The lowest BCUT2D eigenvalue weighted by atomic mass is 10.3. The summed E-state index contributed by atoms with van der Waals surface area (Å²) in [6.45, 7) is 5.06. The fourth-order valence-corrected chi connectivity index (χ4v) is 2.98. The van der Waals surface area contributed by atoms with E-state index in [1.165, 1.54) is 17.8 Å². The van der Waals surface area contributed by atoms with Crippen molar-refractivity contribution in [2.45, 2.75) is 13.0 Å². The fraction of sp³-hybridized carbons (Fsp3) is 0.389. The summed E-state index contributed by atoms with van der Waals surface area (Å²) >= 11 is 0. The van der Waals surface area contributed by atoms with Crippen molar-refractivity contribution in [3.63, 3.8) is 0 Å². The summed E-state index contributed by atoms with van der Waals surface area (Å²) in [4.78, 5) is 20.0. The number of nitrogens with one attached hydrogen (secondary N) is 2. The van der Waals surface area contributed by atoms with Crippen molar-refractivity contribution in [3.05, 3.63) is 54.1 Å². The molecule has 0 radical (unpaired) electrons. The van der Waals surface area contributed by atoms with Gasteiger partial charge in [0.1, 0.15) is 5.82 Å². The van der Waals surface area contributed by atoms with Crippen LogP contribution in [0.2, 0.25) is 0 Å². The average molecular weight is 330 g/mol. The zero-order valence-corrected chi connectivity index (χ0v) is 13.7. The lowest BCUT2D eigenvalue weighted by Crippen LogP contribution is -2.36. The fourth-order valence-electron chi connectivity index (χ4n) is 2.98. The summed E-state index contributed by atoms with van der Waals surface area (Å²) in [5, 5.41) is 2.82. The summed E-state index contributed by atoms with van der Waals surface area (Å²) < 4.78 is 12.9. The molecule has 2 N–H and O–H groups in total. The number of aromatic amines is 1. The normalized spacial score (nSPS) is 16.7. The van der Waals surface area contributed by atoms with E-state index in [9.17, 15) is 9.18 Å². The van der Waals surface area contributed by atoms with Crippen LogP contribution in [-0.2, 0) is 11.3 Å². The van der Waals surface area contributed by atoms with Gasteiger partial charge in [-0.2, -0.15) is 0 Å². The largest absolute Gasteiger partial charge is 0.364 e. The lowest BCUT2D eigenvalue weighted by Gasteiger charge is -2.21. The Morgan fingerprint density at radius 1 is 1.08 bits per heavy atom. The third-order valence-corrected chi connectivity index (χ3v) is 4.23. The predicted molar refractivity (Wildman–Crippen MR) is 92.2 cm³/mol. The number of nitrogens with zero attached hydrogens (tertiary/aromatic N) is 2. The van der Waals surface area contributed by atoms with E-state index in [1.807, 2.05) is 12.3 Å². The van der Waals surface area contributed by atoms with Crippen LogP contribution in [0, 0.1) is 5.82 Å². The van der Waals surface area contributed by atoms with Gasteiger partial charge in [0.25, 0.3) is 0 Å². The van der Waals surface area contributed by atoms with Crippen molar-refractivity contribution in [3.8, 4) is 0 Å². The van der Waals surface area contributed by atoms with E-state index in [2.05, 4.69) is 26.2 Å². The Morgan fingerprint density at radius 2 is 1.83 bits per heavy atom. The average Bonchev–Trinajstić information content (AvgIpc) is 2.97. The van der Waals surface area contributed by atoms with Crippen molar-refractivity contribution in [2.75, 3.05) is 38.0 Å². The predicted octanol–water partition coefficient (Wildman–Crippen LogP) is 2.30. The minimum absolute atomic E-state index is 0.0561. The quantitative estimate of drug-likeness (QED) is 0.884. The van der Waals surface area contributed by atoms with E-state index in [1.54, 1.807) is 12.1 Å². The summed E-state index contributed by atoms with van der Waals surface area (Å²) in [5.41, 5.74) is 1.85. The van der Waals surface area contributed by atoms with E-state index in [0.717, 1.165) is 39.1 Å². The highest BCUT2D eigenvalue weighted by atomic mass is 19.1. The van der Waals surface area contributed by atoms with Crippen molar-refractivity contribution in [2.24, 2.45) is 0 Å². The zero-order chi connectivity index (χ0) is 16.8. The molecule has 1 aromatic heterocycles. The van der Waals surface area contributed by atoms with Crippen LogP contribution in [0.25, 0.3) is 0 Å². The maximum absolute atomic E-state index is 12.9. The van der Waals surface area contributed by atoms with E-state index in [-0.39, 0.29) is 11.7 Å². The van der Waals surface area contributed by atoms with E-state index in [4.69, 9.17) is 0 Å². The Bertz CT molecular complexity index is 642. The highest BCUT2D eigenvalue weighted by molar-refractivity contribution is 5.92. The Balaban J connectivity index is 1.45. The molecule has 0 bridgehead atoms. The zero-order valence-electron chi connectivity index (χ0n) is 13.7. The molecule has 2 aromatic rings. The summed E-state index contributed by atoms with van der Waals surface area (Å²) in [6.07, 6.45) is 2.99. The molecule has 24 heavy (non-hydrogen) atoms. The van der Waals surface area contributed by atoms with Crippen molar-refractivity contribution in [1.82, 2.24) is 14.8 Å². The van der Waals surface area contributed by atoms with Gasteiger partial charge in [-0.15, -0.1) is 0 Å². The second-order valence-electron chi connectivity index (χ2n) is 6.16. The molecule has 5 nitrogen and oxygen atoms in total. The molecule has 1 fully saturated rings. The highest BCUT2D eigenvalue weighted by Crippen LogP contribution is 2.10. The number of carbonyl (C=O) groups excluding carboxylic acids is 1. The molecule has 0 aliphatic carbocycles. The Morgan fingerprint density at radius 3 is 2.58 bits per heavy atom. The highest BCUT2D eigenvalue weighted by Gasteiger charge is 2.17. The van der Waals surface area contributed by atoms with Gasteiger partial charge in [-0.25, -0.2) is 4.39 Å². The maximum Gasteiger partial charge on any atom is 0.238 e. The summed E-state index contributed by atoms with van der Waals surface area (Å²) in [5.74, 6) is -0.359. The number of carbonyl (C=O) groups is 1. The van der Waals surface area contributed by atoms with Crippen LogP contribution in [0.5, 0.6) is 0 Å². The topological polar surface area (TPSA) is 51.4 Å². The molecule has 0 atom stereocenters. The van der Waals surface area contributed by atoms with Crippen LogP contribution in [0.1, 0.15) is 12.1 Å². The lowest BCUT2D eigenvalue weighted by molar-refractivity contribution is -0.117. The Hall–Kier alpha value is -2.18. The van der Waals surface area contributed by atoms with Gasteiger partial charge < -0.3 is 10.3 Å². The molecule has 128 valence electrons. The van der Waals surface area contributed by atoms with Crippen molar-refractivity contribution >= 4 is 11.6 Å². The number of hydrogen-bond donors (Lipinski definition) is 2. The SMILES string of the molecule is O=C(CN1CCCN(Cc2ccc[nH]2)CC1)Nc1ccc(F)cc1. The van der Waals surface area contributed by atoms with Gasteiger partial charge in [-0.3, -0.25) is 14.6 Å². The van der Waals surface area contributed by atoms with Gasteiger partial charge in [0, 0.05) is 37.2 Å². The number of hydrogen-bond acceptors (Lipinski definition) is 3. The molecule has 1 saturated heterocycles. The van der Waals surface area contributed by atoms with Crippen LogP contribution in [0.15, 0.2) is 42.6 Å². The van der Waals surface area contributed by atoms with E-state index >= 15 is 0 Å². The Kier molecular flexibility index (Phi) is 5.61. The van der Waals surface area contributed by atoms with Crippen LogP contribution >= 0.6 is 0 Å². The molecule has 0 saturated carbocycles. The molecule has 0 unspecified atom stereocenters. The van der Waals surface area contributed by atoms with E-state index < -0.39 is 0 Å². The molecule has 1 aromatic carbocycles. The minimum atomic E-state index is -0.303.